The zero-order valence-corrected chi connectivity index (χ0v) is 14.7. The second-order valence-electron chi connectivity index (χ2n) is 6.17. The first-order chi connectivity index (χ1) is 13.4. The first-order valence-electron chi connectivity index (χ1n) is 8.52. The topological polar surface area (TPSA) is 51.1 Å². The summed E-state index contributed by atoms with van der Waals surface area (Å²) in [6, 6.07) is 19.7. The molecule has 4 nitrogen and oxygen atoms in total. The summed E-state index contributed by atoms with van der Waals surface area (Å²) in [5, 5.41) is 2.80. The molecule has 7 heteroatoms. The zero-order chi connectivity index (χ0) is 20.1. The van der Waals surface area contributed by atoms with Crippen molar-refractivity contribution in [3.8, 4) is 0 Å². The molecule has 1 heterocycles. The Labute approximate surface area is 159 Å². The normalized spacial score (nSPS) is 11.4. The van der Waals surface area contributed by atoms with Gasteiger partial charge in [-0.05, 0) is 23.3 Å². The van der Waals surface area contributed by atoms with Gasteiger partial charge in [0.15, 0.2) is 0 Å². The first-order valence-corrected chi connectivity index (χ1v) is 8.52. The Morgan fingerprint density at radius 2 is 1.43 bits per heavy atom. The van der Waals surface area contributed by atoms with Crippen LogP contribution in [0.1, 0.15) is 22.7 Å². The SMILES string of the molecule is O=C(Cn1cccc(C(F)(F)F)c1=O)NC(c1ccccc1)c1ccccc1. The molecule has 3 aromatic rings. The van der Waals surface area contributed by atoms with Crippen LogP contribution >= 0.6 is 0 Å². The molecule has 0 aliphatic heterocycles. The second-order valence-corrected chi connectivity index (χ2v) is 6.17. The minimum atomic E-state index is -4.77. The number of amides is 1. The molecule has 1 N–H and O–H groups in total. The van der Waals surface area contributed by atoms with E-state index in [1.807, 2.05) is 60.7 Å². The number of aromatic nitrogens is 1. The van der Waals surface area contributed by atoms with Crippen LogP contribution < -0.4 is 10.9 Å². The molecule has 28 heavy (non-hydrogen) atoms. The van der Waals surface area contributed by atoms with Crippen LogP contribution in [0.2, 0.25) is 0 Å². The lowest BCUT2D eigenvalue weighted by atomic mass is 9.99. The van der Waals surface area contributed by atoms with Gasteiger partial charge in [0, 0.05) is 6.20 Å². The lowest BCUT2D eigenvalue weighted by Gasteiger charge is -2.20. The van der Waals surface area contributed by atoms with E-state index < -0.39 is 35.8 Å². The highest BCUT2D eigenvalue weighted by atomic mass is 19.4. The number of halogens is 3. The number of hydrogen-bond acceptors (Lipinski definition) is 2. The summed E-state index contributed by atoms with van der Waals surface area (Å²) in [6.45, 7) is -0.515. The second kappa shape index (κ2) is 8.12. The highest BCUT2D eigenvalue weighted by Crippen LogP contribution is 2.26. The van der Waals surface area contributed by atoms with Gasteiger partial charge in [-0.2, -0.15) is 13.2 Å². The van der Waals surface area contributed by atoms with Gasteiger partial charge in [0.2, 0.25) is 5.91 Å². The summed E-state index contributed by atoms with van der Waals surface area (Å²) in [5.41, 5.74) is -0.913. The summed E-state index contributed by atoms with van der Waals surface area (Å²) in [4.78, 5) is 24.6. The molecule has 2 aromatic carbocycles. The van der Waals surface area contributed by atoms with Crippen LogP contribution in [0, 0.1) is 0 Å². The summed E-state index contributed by atoms with van der Waals surface area (Å²) < 4.78 is 39.5. The standard InChI is InChI=1S/C21H17F3N2O2/c22-21(23,24)17-12-7-13-26(20(17)28)14-18(27)25-19(15-8-3-1-4-9-15)16-10-5-2-6-11-16/h1-13,19H,14H2,(H,25,27). The van der Waals surface area contributed by atoms with Crippen molar-refractivity contribution in [2.75, 3.05) is 0 Å². The van der Waals surface area contributed by atoms with E-state index in [2.05, 4.69) is 5.32 Å². The van der Waals surface area contributed by atoms with Gasteiger partial charge in [0.1, 0.15) is 12.1 Å². The van der Waals surface area contributed by atoms with Crippen LogP contribution in [-0.2, 0) is 17.5 Å². The molecule has 0 saturated heterocycles. The molecular formula is C21H17F3N2O2. The van der Waals surface area contributed by atoms with Crippen LogP contribution in [0.5, 0.6) is 0 Å². The maximum Gasteiger partial charge on any atom is 0.421 e. The zero-order valence-electron chi connectivity index (χ0n) is 14.7. The van der Waals surface area contributed by atoms with E-state index in [1.165, 1.54) is 0 Å². The van der Waals surface area contributed by atoms with Crippen molar-refractivity contribution in [2.45, 2.75) is 18.8 Å². The van der Waals surface area contributed by atoms with E-state index in [0.717, 1.165) is 28.0 Å². The summed E-state index contributed by atoms with van der Waals surface area (Å²) in [5.74, 6) is -0.570. The molecule has 0 aliphatic rings. The number of hydrogen-bond donors (Lipinski definition) is 1. The van der Waals surface area contributed by atoms with E-state index in [9.17, 15) is 22.8 Å². The lowest BCUT2D eigenvalue weighted by Crippen LogP contribution is -2.36. The predicted molar refractivity (Wildman–Crippen MR) is 98.6 cm³/mol. The van der Waals surface area contributed by atoms with Crippen molar-refractivity contribution in [3.05, 3.63) is 106 Å². The first kappa shape index (κ1) is 19.4. The fourth-order valence-corrected chi connectivity index (χ4v) is 2.89. The maximum absolute atomic E-state index is 12.9. The average molecular weight is 386 g/mol. The van der Waals surface area contributed by atoms with Crippen molar-refractivity contribution in [2.24, 2.45) is 0 Å². The molecule has 0 bridgehead atoms. The summed E-state index contributed by atoms with van der Waals surface area (Å²) >= 11 is 0. The fraction of sp³-hybridized carbons (Fsp3) is 0.143. The molecule has 0 radical (unpaired) electrons. The van der Waals surface area contributed by atoms with Gasteiger partial charge in [-0.25, -0.2) is 0 Å². The highest BCUT2D eigenvalue weighted by molar-refractivity contribution is 5.76. The van der Waals surface area contributed by atoms with Gasteiger partial charge in [-0.3, -0.25) is 9.59 Å². The van der Waals surface area contributed by atoms with Gasteiger partial charge in [0.25, 0.3) is 5.56 Å². The smallest absolute Gasteiger partial charge is 0.344 e. The number of nitrogens with one attached hydrogen (secondary N) is 1. The molecular weight excluding hydrogens is 369 g/mol. The number of carbonyl (C=O) groups is 1. The molecule has 3 rings (SSSR count). The Bertz CT molecular complexity index is 960. The van der Waals surface area contributed by atoms with E-state index in [4.69, 9.17) is 0 Å². The number of alkyl halides is 3. The number of benzene rings is 2. The van der Waals surface area contributed by atoms with Crippen molar-refractivity contribution in [3.63, 3.8) is 0 Å². The molecule has 1 amide bonds. The van der Waals surface area contributed by atoms with Crippen LogP contribution in [0.3, 0.4) is 0 Å². The highest BCUT2D eigenvalue weighted by Gasteiger charge is 2.34. The maximum atomic E-state index is 12.9. The molecule has 144 valence electrons. The largest absolute Gasteiger partial charge is 0.421 e. The van der Waals surface area contributed by atoms with Gasteiger partial charge < -0.3 is 9.88 Å². The van der Waals surface area contributed by atoms with Gasteiger partial charge in [-0.1, -0.05) is 60.7 Å². The molecule has 0 unspecified atom stereocenters. The molecule has 1 aromatic heterocycles. The lowest BCUT2D eigenvalue weighted by molar-refractivity contribution is -0.139. The van der Waals surface area contributed by atoms with Crippen molar-refractivity contribution < 1.29 is 18.0 Å². The predicted octanol–water partition coefficient (Wildman–Crippen LogP) is 3.77. The molecule has 0 saturated carbocycles. The van der Waals surface area contributed by atoms with E-state index >= 15 is 0 Å². The van der Waals surface area contributed by atoms with Crippen LogP contribution in [-0.4, -0.2) is 10.5 Å². The Kier molecular flexibility index (Phi) is 5.63. The third-order valence-corrected chi connectivity index (χ3v) is 4.21. The Morgan fingerprint density at radius 3 is 1.93 bits per heavy atom. The quantitative estimate of drug-likeness (QED) is 0.726. The number of pyridine rings is 1. The number of nitrogens with zero attached hydrogens (tertiary/aromatic N) is 1. The third kappa shape index (κ3) is 4.49. The molecule has 0 spiro atoms. The fourth-order valence-electron chi connectivity index (χ4n) is 2.89. The summed E-state index contributed by atoms with van der Waals surface area (Å²) in [6.07, 6.45) is -3.61. The van der Waals surface area contributed by atoms with Crippen LogP contribution in [0.25, 0.3) is 0 Å². The molecule has 0 fully saturated rings. The van der Waals surface area contributed by atoms with E-state index in [1.54, 1.807) is 0 Å². The number of carbonyl (C=O) groups excluding carboxylic acids is 1. The van der Waals surface area contributed by atoms with Gasteiger partial charge in [-0.15, -0.1) is 0 Å². The van der Waals surface area contributed by atoms with E-state index in [0.29, 0.717) is 6.07 Å². The monoisotopic (exact) mass is 386 g/mol. The van der Waals surface area contributed by atoms with E-state index in [-0.39, 0.29) is 0 Å². The Hall–Kier alpha value is -3.35. The Morgan fingerprint density at radius 1 is 0.893 bits per heavy atom. The van der Waals surface area contributed by atoms with Crippen molar-refractivity contribution in [1.82, 2.24) is 9.88 Å². The van der Waals surface area contributed by atoms with Gasteiger partial charge >= 0.3 is 6.18 Å². The van der Waals surface area contributed by atoms with Crippen molar-refractivity contribution in [1.29, 1.82) is 0 Å². The molecule has 0 aliphatic carbocycles. The molecule has 0 atom stereocenters. The van der Waals surface area contributed by atoms with Crippen molar-refractivity contribution >= 4 is 5.91 Å². The third-order valence-electron chi connectivity index (χ3n) is 4.21. The average Bonchev–Trinajstić information content (AvgIpc) is 2.68. The van der Waals surface area contributed by atoms with Crippen LogP contribution in [0.15, 0.2) is 83.8 Å². The Balaban J connectivity index is 1.85. The van der Waals surface area contributed by atoms with Gasteiger partial charge in [0.05, 0.1) is 6.04 Å². The number of rotatable bonds is 5. The minimum absolute atomic E-state index is 0.489. The van der Waals surface area contributed by atoms with Crippen LogP contribution in [0.4, 0.5) is 13.2 Å². The summed E-state index contributed by atoms with van der Waals surface area (Å²) in [7, 11) is 0. The minimum Gasteiger partial charge on any atom is -0.344 e.